The highest BCUT2D eigenvalue weighted by atomic mass is 16.7. The van der Waals surface area contributed by atoms with E-state index >= 15 is 0 Å². The Morgan fingerprint density at radius 3 is 2.38 bits per heavy atom. The van der Waals surface area contributed by atoms with Crippen LogP contribution in [0.1, 0.15) is 26.9 Å². The van der Waals surface area contributed by atoms with Crippen molar-refractivity contribution in [2.45, 2.75) is 30.6 Å². The fraction of sp³-hybridized carbons (Fsp3) is 0.259. The van der Waals surface area contributed by atoms with Crippen LogP contribution in [-0.4, -0.2) is 84.7 Å². The van der Waals surface area contributed by atoms with E-state index in [0.717, 1.165) is 0 Å². The van der Waals surface area contributed by atoms with Gasteiger partial charge in [0.1, 0.15) is 30.2 Å². The Morgan fingerprint density at radius 1 is 0.900 bits per heavy atom. The minimum Gasteiger partial charge on any atom is -0.508 e. The summed E-state index contributed by atoms with van der Waals surface area (Å²) in [5, 5.41) is 56.5. The molecule has 3 aliphatic heterocycles. The molecule has 5 heterocycles. The topological polar surface area (TPSA) is 196 Å². The summed E-state index contributed by atoms with van der Waals surface area (Å²) in [4.78, 5) is 29.8. The molecule has 0 radical (unpaired) electrons. The van der Waals surface area contributed by atoms with Crippen LogP contribution in [0.5, 0.6) is 17.2 Å². The number of carbonyl (C=O) groups excluding carboxylic acids is 2. The van der Waals surface area contributed by atoms with Crippen LogP contribution in [0.3, 0.4) is 0 Å². The van der Waals surface area contributed by atoms with E-state index in [9.17, 15) is 35.1 Å². The summed E-state index contributed by atoms with van der Waals surface area (Å²) in [6, 6.07) is 7.90. The van der Waals surface area contributed by atoms with Gasteiger partial charge in [-0.1, -0.05) is 0 Å². The van der Waals surface area contributed by atoms with E-state index in [1.807, 2.05) is 0 Å². The number of aromatic nitrogens is 2. The average molecular weight is 547 g/mol. The zero-order valence-corrected chi connectivity index (χ0v) is 20.4. The molecule has 5 aromatic rings. The maximum absolute atomic E-state index is 13.3. The van der Waals surface area contributed by atoms with Crippen LogP contribution in [0, 0.1) is 0 Å². The van der Waals surface area contributed by atoms with Gasteiger partial charge in [0.05, 0.1) is 34.3 Å². The quantitative estimate of drug-likeness (QED) is 0.155. The van der Waals surface area contributed by atoms with Gasteiger partial charge >= 0.3 is 0 Å². The fourth-order valence-electron chi connectivity index (χ4n) is 6.31. The van der Waals surface area contributed by atoms with Crippen LogP contribution in [0.15, 0.2) is 30.3 Å². The van der Waals surface area contributed by atoms with Crippen LogP contribution in [-0.2, 0) is 4.74 Å². The third-order valence-electron chi connectivity index (χ3n) is 8.07. The summed E-state index contributed by atoms with van der Waals surface area (Å²) < 4.78 is 18.7. The number of hydrogen-bond acceptors (Lipinski definition) is 10. The number of amides is 2. The molecular weight excluding hydrogens is 526 g/mol. The van der Waals surface area contributed by atoms with Crippen LogP contribution >= 0.6 is 0 Å². The number of benzene rings is 3. The molecule has 8 rings (SSSR count). The van der Waals surface area contributed by atoms with Crippen molar-refractivity contribution in [1.82, 2.24) is 14.9 Å². The number of hydrogen-bond donors (Lipinski definition) is 7. The van der Waals surface area contributed by atoms with Crippen LogP contribution < -0.4 is 14.8 Å². The van der Waals surface area contributed by atoms with Gasteiger partial charge in [-0.25, -0.2) is 0 Å². The van der Waals surface area contributed by atoms with Crippen molar-refractivity contribution in [2.24, 2.45) is 0 Å². The first kappa shape index (κ1) is 23.5. The molecular formula is C27H21N3O10. The predicted molar refractivity (Wildman–Crippen MR) is 137 cm³/mol. The number of phenols is 1. The molecule has 3 aliphatic rings. The zero-order chi connectivity index (χ0) is 27.6. The lowest BCUT2D eigenvalue weighted by atomic mass is 9.96. The molecule has 2 amide bonds. The SMILES string of the molecule is O=C1NC(=O)c2c1c1c3cc(O)ccc3[nH]c1c1c2c2cc3c(cc2n1[C@@H]1O[C@H](CO)[C@@H](O)[C@H](O)[C@H]1O)OCO3. The van der Waals surface area contributed by atoms with E-state index in [2.05, 4.69) is 10.3 Å². The standard InChI is InChI=1S/C27H21N3O10/c31-6-15-22(33)23(34)24(35)27(40-15)30-12-5-14-13(38-7-39-14)4-10(12)17-19-18(25(36)29-26(19)37)16-9-3-8(32)1-2-11(9)28-20(16)21(17)30/h1-5,15,22-24,27-28,31-35H,6-7H2,(H,29,36,37)/t15-,22-,23+,24-,27-/m1/s1. The Hall–Kier alpha value is -4.40. The first-order valence-corrected chi connectivity index (χ1v) is 12.5. The van der Waals surface area contributed by atoms with Crippen LogP contribution in [0.2, 0.25) is 0 Å². The summed E-state index contributed by atoms with van der Waals surface area (Å²) in [5.74, 6) is -0.499. The molecule has 0 bridgehead atoms. The normalized spacial score (nSPS) is 25.9. The van der Waals surface area contributed by atoms with Crippen molar-refractivity contribution in [3.63, 3.8) is 0 Å². The Labute approximate surface area is 222 Å². The molecule has 0 unspecified atom stereocenters. The Morgan fingerprint density at radius 2 is 1.62 bits per heavy atom. The van der Waals surface area contributed by atoms with Crippen molar-refractivity contribution in [1.29, 1.82) is 0 Å². The summed E-state index contributed by atoms with van der Waals surface area (Å²) in [6.07, 6.45) is -7.48. The number of carbonyl (C=O) groups is 2. The highest BCUT2D eigenvalue weighted by Crippen LogP contribution is 2.49. The number of rotatable bonds is 2. The average Bonchev–Trinajstić information content (AvgIpc) is 3.68. The third kappa shape index (κ3) is 2.82. The predicted octanol–water partition coefficient (Wildman–Crippen LogP) is 0.719. The smallest absolute Gasteiger partial charge is 0.259 e. The largest absolute Gasteiger partial charge is 0.508 e. The van der Waals surface area contributed by atoms with Crippen molar-refractivity contribution in [3.8, 4) is 17.2 Å². The molecule has 204 valence electrons. The highest BCUT2D eigenvalue weighted by Gasteiger charge is 2.46. The number of aliphatic hydroxyl groups is 4. The van der Waals surface area contributed by atoms with E-state index < -0.39 is 49.1 Å². The number of imide groups is 1. The lowest BCUT2D eigenvalue weighted by molar-refractivity contribution is -0.249. The molecule has 1 fully saturated rings. The number of phenolic OH excluding ortho intramolecular Hbond substituents is 1. The highest BCUT2D eigenvalue weighted by molar-refractivity contribution is 6.39. The van der Waals surface area contributed by atoms with Gasteiger partial charge in [-0.15, -0.1) is 0 Å². The van der Waals surface area contributed by atoms with Crippen molar-refractivity contribution in [3.05, 3.63) is 41.5 Å². The Kier molecular flexibility index (Phi) is 4.60. The van der Waals surface area contributed by atoms with Crippen molar-refractivity contribution < 1.29 is 49.3 Å². The Balaban J connectivity index is 1.60. The molecule has 0 aliphatic carbocycles. The monoisotopic (exact) mass is 547 g/mol. The van der Waals surface area contributed by atoms with Gasteiger partial charge in [0.2, 0.25) is 6.79 Å². The Bertz CT molecular complexity index is 1960. The van der Waals surface area contributed by atoms with E-state index in [-0.39, 0.29) is 23.7 Å². The van der Waals surface area contributed by atoms with Crippen LogP contribution in [0.25, 0.3) is 43.6 Å². The number of fused-ring (bicyclic) bond motifs is 11. The van der Waals surface area contributed by atoms with Gasteiger partial charge in [-0.3, -0.25) is 14.9 Å². The van der Waals surface area contributed by atoms with Gasteiger partial charge in [0.25, 0.3) is 11.8 Å². The van der Waals surface area contributed by atoms with E-state index in [0.29, 0.717) is 55.1 Å². The van der Waals surface area contributed by atoms with Crippen molar-refractivity contribution >= 4 is 55.4 Å². The van der Waals surface area contributed by atoms with Gasteiger partial charge in [0, 0.05) is 33.1 Å². The number of H-pyrrole nitrogens is 1. The number of aromatic hydroxyl groups is 1. The molecule has 13 heteroatoms. The summed E-state index contributed by atoms with van der Waals surface area (Å²) in [6.45, 7) is -0.676. The van der Waals surface area contributed by atoms with Crippen molar-refractivity contribution in [2.75, 3.05) is 13.4 Å². The number of nitrogens with one attached hydrogen (secondary N) is 2. The zero-order valence-electron chi connectivity index (χ0n) is 20.4. The minimum absolute atomic E-state index is 0.0350. The maximum atomic E-state index is 13.3. The molecule has 7 N–H and O–H groups in total. The molecule has 40 heavy (non-hydrogen) atoms. The molecule has 1 saturated heterocycles. The molecule has 13 nitrogen and oxygen atoms in total. The molecule has 3 aromatic carbocycles. The fourth-order valence-corrected chi connectivity index (χ4v) is 6.31. The van der Waals surface area contributed by atoms with E-state index in [4.69, 9.17) is 14.2 Å². The number of aromatic amines is 1. The lowest BCUT2D eigenvalue weighted by Crippen LogP contribution is -2.56. The molecule has 5 atom stereocenters. The second kappa shape index (κ2) is 7.84. The minimum atomic E-state index is -1.67. The van der Waals surface area contributed by atoms with Crippen LogP contribution in [0.4, 0.5) is 0 Å². The first-order valence-electron chi connectivity index (χ1n) is 12.5. The van der Waals surface area contributed by atoms with E-state index in [1.165, 1.54) is 12.1 Å². The third-order valence-corrected chi connectivity index (χ3v) is 8.07. The van der Waals surface area contributed by atoms with Gasteiger partial charge in [-0.05, 0) is 24.3 Å². The van der Waals surface area contributed by atoms with E-state index in [1.54, 1.807) is 22.8 Å². The second-order valence-electron chi connectivity index (χ2n) is 10.2. The molecule has 0 spiro atoms. The molecule has 0 saturated carbocycles. The molecule has 2 aromatic heterocycles. The maximum Gasteiger partial charge on any atom is 0.259 e. The summed E-state index contributed by atoms with van der Waals surface area (Å²) in [7, 11) is 0. The van der Waals surface area contributed by atoms with Gasteiger partial charge in [0.15, 0.2) is 17.7 Å². The number of nitrogens with zero attached hydrogens (tertiary/aromatic N) is 1. The number of aliphatic hydroxyl groups excluding tert-OH is 4. The van der Waals surface area contributed by atoms with Gasteiger partial charge in [-0.2, -0.15) is 0 Å². The summed E-state index contributed by atoms with van der Waals surface area (Å²) in [5.41, 5.74) is 1.92. The first-order chi connectivity index (χ1) is 19.3. The number of ether oxygens (including phenoxy) is 3. The lowest BCUT2D eigenvalue weighted by Gasteiger charge is -2.41. The second-order valence-corrected chi connectivity index (χ2v) is 10.2. The van der Waals surface area contributed by atoms with Gasteiger partial charge < -0.3 is 49.3 Å². The summed E-state index contributed by atoms with van der Waals surface area (Å²) >= 11 is 0.